The van der Waals surface area contributed by atoms with Gasteiger partial charge in [-0.1, -0.05) is 19.1 Å². The van der Waals surface area contributed by atoms with E-state index in [0.29, 0.717) is 5.92 Å². The topological polar surface area (TPSA) is 29.3 Å². The van der Waals surface area contributed by atoms with Gasteiger partial charge in [0.2, 0.25) is 0 Å². The predicted octanol–water partition coefficient (Wildman–Crippen LogP) is 2.01. The van der Waals surface area contributed by atoms with Crippen LogP contribution in [0.15, 0.2) is 24.3 Å². The van der Waals surface area contributed by atoms with E-state index in [4.69, 9.17) is 5.73 Å². The van der Waals surface area contributed by atoms with Crippen molar-refractivity contribution >= 4 is 5.69 Å². The third kappa shape index (κ3) is 3.79. The van der Waals surface area contributed by atoms with Crippen molar-refractivity contribution in [2.24, 2.45) is 5.92 Å². The number of anilines is 1. The molecule has 0 saturated heterocycles. The monoisotopic (exact) mass is 192 g/mol. The van der Waals surface area contributed by atoms with Gasteiger partial charge in [0.15, 0.2) is 0 Å². The fourth-order valence-electron chi connectivity index (χ4n) is 1.81. The van der Waals surface area contributed by atoms with E-state index in [9.17, 15) is 0 Å². The van der Waals surface area contributed by atoms with E-state index in [2.05, 4.69) is 38.1 Å². The van der Waals surface area contributed by atoms with Crippen molar-refractivity contribution in [3.63, 3.8) is 0 Å². The van der Waals surface area contributed by atoms with Crippen molar-refractivity contribution < 1.29 is 0 Å². The SMILES string of the molecule is C[C@@H](Cc1cccc(N)c1)CN(C)C. The molecule has 1 rings (SSSR count). The van der Waals surface area contributed by atoms with Gasteiger partial charge in [-0.3, -0.25) is 0 Å². The molecule has 0 heterocycles. The van der Waals surface area contributed by atoms with Crippen molar-refractivity contribution in [2.75, 3.05) is 26.4 Å². The van der Waals surface area contributed by atoms with Gasteiger partial charge in [-0.25, -0.2) is 0 Å². The summed E-state index contributed by atoms with van der Waals surface area (Å²) in [6, 6.07) is 8.15. The highest BCUT2D eigenvalue weighted by Crippen LogP contribution is 2.12. The Bertz CT molecular complexity index is 281. The fourth-order valence-corrected chi connectivity index (χ4v) is 1.81. The van der Waals surface area contributed by atoms with Crippen LogP contribution in [0, 0.1) is 5.92 Å². The lowest BCUT2D eigenvalue weighted by Crippen LogP contribution is -2.21. The van der Waals surface area contributed by atoms with Gasteiger partial charge in [-0.05, 0) is 44.1 Å². The molecule has 14 heavy (non-hydrogen) atoms. The zero-order chi connectivity index (χ0) is 10.6. The molecular formula is C12H20N2. The lowest BCUT2D eigenvalue weighted by atomic mass is 10.0. The minimum Gasteiger partial charge on any atom is -0.399 e. The van der Waals surface area contributed by atoms with Gasteiger partial charge in [0.25, 0.3) is 0 Å². The molecule has 0 fully saturated rings. The summed E-state index contributed by atoms with van der Waals surface area (Å²) in [5.41, 5.74) is 7.92. The molecule has 0 aromatic heterocycles. The second kappa shape index (κ2) is 5.01. The average Bonchev–Trinajstić information content (AvgIpc) is 2.01. The van der Waals surface area contributed by atoms with Crippen LogP contribution in [0.3, 0.4) is 0 Å². The second-order valence-corrected chi connectivity index (χ2v) is 4.32. The van der Waals surface area contributed by atoms with E-state index in [1.165, 1.54) is 5.56 Å². The third-order valence-electron chi connectivity index (χ3n) is 2.21. The van der Waals surface area contributed by atoms with Gasteiger partial charge in [0, 0.05) is 12.2 Å². The molecule has 0 radical (unpaired) electrons. The number of benzene rings is 1. The van der Waals surface area contributed by atoms with Gasteiger partial charge < -0.3 is 10.6 Å². The lowest BCUT2D eigenvalue weighted by molar-refractivity contribution is 0.338. The number of nitrogens with two attached hydrogens (primary N) is 1. The molecule has 0 aliphatic heterocycles. The van der Waals surface area contributed by atoms with Crippen molar-refractivity contribution in [3.8, 4) is 0 Å². The molecule has 1 atom stereocenters. The zero-order valence-corrected chi connectivity index (χ0v) is 9.33. The Kier molecular flexibility index (Phi) is 3.96. The van der Waals surface area contributed by atoms with Crippen LogP contribution in [-0.2, 0) is 6.42 Å². The molecule has 0 aliphatic carbocycles. The molecule has 1 aromatic rings. The molecule has 0 unspecified atom stereocenters. The molecule has 0 bridgehead atoms. The van der Waals surface area contributed by atoms with E-state index < -0.39 is 0 Å². The summed E-state index contributed by atoms with van der Waals surface area (Å²) in [6.07, 6.45) is 1.10. The Labute approximate surface area is 86.7 Å². The van der Waals surface area contributed by atoms with Crippen molar-refractivity contribution in [1.29, 1.82) is 0 Å². The summed E-state index contributed by atoms with van der Waals surface area (Å²) in [5, 5.41) is 0. The number of rotatable bonds is 4. The van der Waals surface area contributed by atoms with Crippen molar-refractivity contribution in [3.05, 3.63) is 29.8 Å². The van der Waals surface area contributed by atoms with E-state index in [-0.39, 0.29) is 0 Å². The average molecular weight is 192 g/mol. The van der Waals surface area contributed by atoms with Crippen LogP contribution in [0.5, 0.6) is 0 Å². The maximum atomic E-state index is 5.73. The molecule has 0 amide bonds. The van der Waals surface area contributed by atoms with E-state index >= 15 is 0 Å². The van der Waals surface area contributed by atoms with E-state index in [1.807, 2.05) is 12.1 Å². The van der Waals surface area contributed by atoms with Gasteiger partial charge in [0.1, 0.15) is 0 Å². The van der Waals surface area contributed by atoms with Crippen LogP contribution >= 0.6 is 0 Å². The van der Waals surface area contributed by atoms with Gasteiger partial charge >= 0.3 is 0 Å². The predicted molar refractivity (Wildman–Crippen MR) is 62.3 cm³/mol. The number of nitrogen functional groups attached to an aromatic ring is 1. The van der Waals surface area contributed by atoms with E-state index in [1.54, 1.807) is 0 Å². The van der Waals surface area contributed by atoms with Crippen LogP contribution in [0.1, 0.15) is 12.5 Å². The zero-order valence-electron chi connectivity index (χ0n) is 9.33. The molecule has 78 valence electrons. The summed E-state index contributed by atoms with van der Waals surface area (Å²) in [6.45, 7) is 3.39. The number of hydrogen-bond acceptors (Lipinski definition) is 2. The van der Waals surface area contributed by atoms with E-state index in [0.717, 1.165) is 18.7 Å². The maximum absolute atomic E-state index is 5.73. The second-order valence-electron chi connectivity index (χ2n) is 4.32. The summed E-state index contributed by atoms with van der Waals surface area (Å²) in [4.78, 5) is 2.22. The van der Waals surface area contributed by atoms with Crippen LogP contribution < -0.4 is 5.73 Å². The minimum atomic E-state index is 0.673. The van der Waals surface area contributed by atoms with Crippen molar-refractivity contribution in [2.45, 2.75) is 13.3 Å². The highest BCUT2D eigenvalue weighted by molar-refractivity contribution is 5.40. The Morgan fingerprint density at radius 1 is 1.36 bits per heavy atom. The highest BCUT2D eigenvalue weighted by atomic mass is 15.1. The maximum Gasteiger partial charge on any atom is 0.0316 e. The van der Waals surface area contributed by atoms with Crippen LogP contribution in [0.25, 0.3) is 0 Å². The quantitative estimate of drug-likeness (QED) is 0.739. The molecule has 1 aromatic carbocycles. The van der Waals surface area contributed by atoms with Gasteiger partial charge in [-0.15, -0.1) is 0 Å². The Balaban J connectivity index is 2.51. The van der Waals surface area contributed by atoms with Crippen LogP contribution in [0.2, 0.25) is 0 Å². The molecule has 2 nitrogen and oxygen atoms in total. The van der Waals surface area contributed by atoms with Crippen LogP contribution in [-0.4, -0.2) is 25.5 Å². The Morgan fingerprint density at radius 2 is 2.07 bits per heavy atom. The minimum absolute atomic E-state index is 0.673. The molecule has 0 aliphatic rings. The molecule has 0 saturated carbocycles. The van der Waals surface area contributed by atoms with Crippen molar-refractivity contribution in [1.82, 2.24) is 4.90 Å². The first-order valence-corrected chi connectivity index (χ1v) is 5.07. The summed E-state index contributed by atoms with van der Waals surface area (Å²) in [5.74, 6) is 0.673. The third-order valence-corrected chi connectivity index (χ3v) is 2.21. The smallest absolute Gasteiger partial charge is 0.0316 e. The van der Waals surface area contributed by atoms with Crippen LogP contribution in [0.4, 0.5) is 5.69 Å². The Morgan fingerprint density at radius 3 is 2.64 bits per heavy atom. The summed E-state index contributed by atoms with van der Waals surface area (Å²) >= 11 is 0. The highest BCUT2D eigenvalue weighted by Gasteiger charge is 2.04. The number of nitrogens with zero attached hydrogens (tertiary/aromatic N) is 1. The summed E-state index contributed by atoms with van der Waals surface area (Å²) in [7, 11) is 4.21. The number of hydrogen-bond donors (Lipinski definition) is 1. The molecular weight excluding hydrogens is 172 g/mol. The first-order chi connectivity index (χ1) is 6.58. The molecule has 0 spiro atoms. The normalized spacial score (nSPS) is 13.1. The lowest BCUT2D eigenvalue weighted by Gasteiger charge is -2.16. The largest absolute Gasteiger partial charge is 0.399 e. The molecule has 2 heteroatoms. The van der Waals surface area contributed by atoms with Gasteiger partial charge in [-0.2, -0.15) is 0 Å². The van der Waals surface area contributed by atoms with Gasteiger partial charge in [0.05, 0.1) is 0 Å². The summed E-state index contributed by atoms with van der Waals surface area (Å²) < 4.78 is 0. The molecule has 2 N–H and O–H groups in total. The standard InChI is InChI=1S/C12H20N2/c1-10(9-14(2)3)7-11-5-4-6-12(13)8-11/h4-6,8,10H,7,9,13H2,1-3H3/t10-/m0/s1. The first-order valence-electron chi connectivity index (χ1n) is 5.07. The fraction of sp³-hybridized carbons (Fsp3) is 0.500. The Hall–Kier alpha value is -1.02. The first kappa shape index (κ1) is 11.1.